The summed E-state index contributed by atoms with van der Waals surface area (Å²) in [5.41, 5.74) is 14.1. The van der Waals surface area contributed by atoms with Crippen LogP contribution in [0, 0.1) is 0 Å². The third-order valence-corrected chi connectivity index (χ3v) is 11.6. The van der Waals surface area contributed by atoms with Crippen molar-refractivity contribution in [2.24, 2.45) is 0 Å². The molecule has 0 aliphatic rings. The molecule has 10 aromatic carbocycles. The van der Waals surface area contributed by atoms with Crippen LogP contribution in [-0.4, -0.2) is 4.57 Å². The molecule has 0 unspecified atom stereocenters. The van der Waals surface area contributed by atoms with Crippen molar-refractivity contribution in [2.45, 2.75) is 0 Å². The Hall–Kier alpha value is -7.68. The molecule has 1 heterocycles. The highest BCUT2D eigenvalue weighted by molar-refractivity contribution is 6.13. The van der Waals surface area contributed by atoms with Gasteiger partial charge in [0, 0.05) is 38.5 Å². The van der Waals surface area contributed by atoms with E-state index in [1.807, 2.05) is 0 Å². The molecule has 0 saturated carbocycles. The molecule has 0 fully saturated rings. The van der Waals surface area contributed by atoms with Gasteiger partial charge < -0.3 is 9.47 Å². The van der Waals surface area contributed by atoms with E-state index in [1.165, 1.54) is 76.9 Å². The molecule has 0 spiro atoms. The van der Waals surface area contributed by atoms with E-state index in [0.29, 0.717) is 0 Å². The lowest BCUT2D eigenvalue weighted by atomic mass is 9.94. The Kier molecular flexibility index (Phi) is 8.19. The first-order valence-corrected chi connectivity index (χ1v) is 19.9. The van der Waals surface area contributed by atoms with Gasteiger partial charge in [0.2, 0.25) is 0 Å². The van der Waals surface area contributed by atoms with Gasteiger partial charge in [-0.05, 0) is 75.0 Å². The van der Waals surface area contributed by atoms with E-state index in [1.54, 1.807) is 0 Å². The average Bonchev–Trinajstić information content (AvgIpc) is 3.63. The number of fused-ring (bicyclic) bond motifs is 5. The van der Waals surface area contributed by atoms with Crippen LogP contribution in [0.1, 0.15) is 0 Å². The maximum absolute atomic E-state index is 2.50. The van der Waals surface area contributed by atoms with Crippen LogP contribution >= 0.6 is 0 Å². The Balaban J connectivity index is 1.14. The number of nitrogens with zero attached hydrogens (tertiary/aromatic N) is 2. The van der Waals surface area contributed by atoms with Crippen LogP contribution in [-0.2, 0) is 0 Å². The predicted octanol–water partition coefficient (Wildman–Crippen LogP) is 15.6. The van der Waals surface area contributed by atoms with E-state index in [2.05, 4.69) is 240 Å². The molecule has 2 nitrogen and oxygen atoms in total. The summed E-state index contributed by atoms with van der Waals surface area (Å²) in [6.07, 6.45) is 0. The summed E-state index contributed by atoms with van der Waals surface area (Å²) in [5.74, 6) is 0. The van der Waals surface area contributed by atoms with Crippen LogP contribution in [0.5, 0.6) is 0 Å². The number of benzene rings is 10. The van der Waals surface area contributed by atoms with Crippen LogP contribution in [0.25, 0.3) is 82.4 Å². The fraction of sp³-hybridized carbons (Fsp3) is 0. The molecule has 0 saturated heterocycles. The third kappa shape index (κ3) is 5.66. The highest BCUT2D eigenvalue weighted by Gasteiger charge is 2.22. The van der Waals surface area contributed by atoms with Gasteiger partial charge in [-0.1, -0.05) is 194 Å². The van der Waals surface area contributed by atoms with Gasteiger partial charge >= 0.3 is 0 Å². The summed E-state index contributed by atoms with van der Waals surface area (Å²) in [7, 11) is 0. The minimum Gasteiger partial charge on any atom is -0.310 e. The Morgan fingerprint density at radius 1 is 0.293 bits per heavy atom. The second kappa shape index (κ2) is 14.1. The average molecular weight is 739 g/mol. The Labute approximate surface area is 338 Å². The first-order valence-electron chi connectivity index (χ1n) is 19.9. The van der Waals surface area contributed by atoms with E-state index >= 15 is 0 Å². The Bertz CT molecular complexity index is 3250. The quantitative estimate of drug-likeness (QED) is 0.158. The van der Waals surface area contributed by atoms with Gasteiger partial charge in [0.1, 0.15) is 0 Å². The molecule has 0 atom stereocenters. The zero-order valence-electron chi connectivity index (χ0n) is 31.8. The van der Waals surface area contributed by atoms with Gasteiger partial charge in [0.15, 0.2) is 0 Å². The van der Waals surface area contributed by atoms with Gasteiger partial charge in [-0.3, -0.25) is 0 Å². The molecule has 0 N–H and O–H groups in total. The van der Waals surface area contributed by atoms with Crippen LogP contribution in [0.4, 0.5) is 17.1 Å². The molecule has 1 aromatic heterocycles. The van der Waals surface area contributed by atoms with Crippen molar-refractivity contribution >= 4 is 60.4 Å². The molecular weight excluding hydrogens is 701 g/mol. The summed E-state index contributed by atoms with van der Waals surface area (Å²) < 4.78 is 2.50. The van der Waals surface area contributed by atoms with Crippen LogP contribution < -0.4 is 4.90 Å². The molecule has 0 bridgehead atoms. The van der Waals surface area contributed by atoms with Gasteiger partial charge in [0.25, 0.3) is 0 Å². The largest absolute Gasteiger partial charge is 0.310 e. The van der Waals surface area contributed by atoms with Crippen molar-refractivity contribution in [3.8, 4) is 39.1 Å². The van der Waals surface area contributed by atoms with E-state index in [-0.39, 0.29) is 0 Å². The van der Waals surface area contributed by atoms with Gasteiger partial charge in [-0.2, -0.15) is 0 Å². The topological polar surface area (TPSA) is 8.17 Å². The molecule has 0 radical (unpaired) electrons. The molecule has 0 amide bonds. The molecular formula is C56H38N2. The number of hydrogen-bond acceptors (Lipinski definition) is 1. The van der Waals surface area contributed by atoms with Crippen LogP contribution in [0.3, 0.4) is 0 Å². The fourth-order valence-corrected chi connectivity index (χ4v) is 8.89. The lowest BCUT2D eigenvalue weighted by molar-refractivity contribution is 1.19. The summed E-state index contributed by atoms with van der Waals surface area (Å²) in [5, 5.41) is 7.29. The molecule has 11 aromatic rings. The standard InChI is InChI=1S/C56H38N2/c1-4-16-39(17-5-1)40-28-30-43(31-29-40)46-36-37-54(50-25-13-12-24-49(46)50)57(44-21-8-3-9-22-44)45-33-35-52-51-26-14-15-27-53(51)58(55(52)38-45)56-47-23-11-10-20-42(47)32-34-48(56)41-18-6-2-7-19-41/h1-38H. The van der Waals surface area contributed by atoms with Crippen molar-refractivity contribution in [3.63, 3.8) is 0 Å². The van der Waals surface area contributed by atoms with Crippen LogP contribution in [0.15, 0.2) is 231 Å². The molecule has 0 aliphatic carbocycles. The lowest BCUT2D eigenvalue weighted by Gasteiger charge is -2.28. The Morgan fingerprint density at radius 3 is 1.59 bits per heavy atom. The number of hydrogen-bond donors (Lipinski definition) is 0. The Morgan fingerprint density at radius 2 is 0.828 bits per heavy atom. The van der Waals surface area contributed by atoms with E-state index in [9.17, 15) is 0 Å². The first-order chi connectivity index (χ1) is 28.8. The maximum atomic E-state index is 2.50. The summed E-state index contributed by atoms with van der Waals surface area (Å²) in [6, 6.07) is 83.7. The minimum atomic E-state index is 1.09. The summed E-state index contributed by atoms with van der Waals surface area (Å²) in [6.45, 7) is 0. The second-order valence-electron chi connectivity index (χ2n) is 14.9. The van der Waals surface area contributed by atoms with E-state index in [0.717, 1.165) is 22.6 Å². The zero-order chi connectivity index (χ0) is 38.4. The van der Waals surface area contributed by atoms with Crippen molar-refractivity contribution in [2.75, 3.05) is 4.90 Å². The zero-order valence-corrected chi connectivity index (χ0v) is 31.8. The second-order valence-corrected chi connectivity index (χ2v) is 14.9. The number of anilines is 3. The predicted molar refractivity (Wildman–Crippen MR) is 247 cm³/mol. The molecule has 272 valence electrons. The third-order valence-electron chi connectivity index (χ3n) is 11.6. The van der Waals surface area contributed by atoms with Crippen molar-refractivity contribution in [3.05, 3.63) is 231 Å². The fourth-order valence-electron chi connectivity index (χ4n) is 8.89. The molecule has 2 heteroatoms. The van der Waals surface area contributed by atoms with Crippen molar-refractivity contribution < 1.29 is 0 Å². The smallest absolute Gasteiger partial charge is 0.0618 e. The number of rotatable bonds is 7. The van der Waals surface area contributed by atoms with Crippen molar-refractivity contribution in [1.29, 1.82) is 0 Å². The van der Waals surface area contributed by atoms with Crippen molar-refractivity contribution in [1.82, 2.24) is 4.57 Å². The maximum Gasteiger partial charge on any atom is 0.0618 e. The SMILES string of the molecule is c1ccc(-c2ccc(-c3ccc(N(c4ccccc4)c4ccc5c6ccccc6n(-c6c(-c7ccccc7)ccc7ccccc67)c5c4)c4ccccc34)cc2)cc1. The summed E-state index contributed by atoms with van der Waals surface area (Å²) in [4.78, 5) is 2.42. The van der Waals surface area contributed by atoms with Gasteiger partial charge in [-0.25, -0.2) is 0 Å². The minimum absolute atomic E-state index is 1.09. The first kappa shape index (κ1) is 33.6. The van der Waals surface area contributed by atoms with Gasteiger partial charge in [-0.15, -0.1) is 0 Å². The molecule has 11 rings (SSSR count). The highest BCUT2D eigenvalue weighted by Crippen LogP contribution is 2.45. The van der Waals surface area contributed by atoms with E-state index in [4.69, 9.17) is 0 Å². The molecule has 0 aliphatic heterocycles. The number of para-hydroxylation sites is 2. The van der Waals surface area contributed by atoms with Gasteiger partial charge in [0.05, 0.1) is 22.4 Å². The monoisotopic (exact) mass is 738 g/mol. The molecule has 58 heavy (non-hydrogen) atoms. The summed E-state index contributed by atoms with van der Waals surface area (Å²) >= 11 is 0. The highest BCUT2D eigenvalue weighted by atomic mass is 15.1. The van der Waals surface area contributed by atoms with E-state index < -0.39 is 0 Å². The normalized spacial score (nSPS) is 11.4. The number of aromatic nitrogens is 1. The van der Waals surface area contributed by atoms with Crippen LogP contribution in [0.2, 0.25) is 0 Å². The lowest BCUT2D eigenvalue weighted by Crippen LogP contribution is -2.11.